The van der Waals surface area contributed by atoms with Crippen LogP contribution in [0, 0.1) is 0 Å². The number of nitrogens with one attached hydrogen (secondary N) is 1. The normalized spacial score (nSPS) is 16.1. The highest BCUT2D eigenvalue weighted by molar-refractivity contribution is 5.91. The highest BCUT2D eigenvalue weighted by atomic mass is 16.5. The summed E-state index contributed by atoms with van der Waals surface area (Å²) in [5.74, 6) is 2.11. The topological polar surface area (TPSA) is 63.9 Å². The summed E-state index contributed by atoms with van der Waals surface area (Å²) in [4.78, 5) is 14.8. The second-order valence-corrected chi connectivity index (χ2v) is 6.85. The first-order valence-corrected chi connectivity index (χ1v) is 9.66. The van der Waals surface area contributed by atoms with E-state index in [9.17, 15) is 4.79 Å². The van der Waals surface area contributed by atoms with Crippen LogP contribution in [0.15, 0.2) is 47.1 Å². The van der Waals surface area contributed by atoms with Crippen molar-refractivity contribution in [2.45, 2.75) is 25.3 Å². The number of nitrogens with zero attached hydrogens (tertiary/aromatic N) is 1. The fourth-order valence-corrected chi connectivity index (χ4v) is 3.47. The molecule has 0 spiro atoms. The van der Waals surface area contributed by atoms with Gasteiger partial charge in [-0.1, -0.05) is 6.42 Å². The Morgan fingerprint density at radius 2 is 1.89 bits per heavy atom. The first-order chi connectivity index (χ1) is 13.7. The van der Waals surface area contributed by atoms with Gasteiger partial charge in [0.1, 0.15) is 17.3 Å². The molecular formula is C22H28N2O4. The third kappa shape index (κ3) is 5.39. The number of piperidine rings is 1. The van der Waals surface area contributed by atoms with Crippen molar-refractivity contribution in [2.75, 3.05) is 33.9 Å². The number of likely N-dealkylation sites (tertiary alicyclic amines) is 1. The van der Waals surface area contributed by atoms with Crippen LogP contribution >= 0.6 is 0 Å². The molecule has 1 atom stereocenters. The predicted molar refractivity (Wildman–Crippen MR) is 108 cm³/mol. The van der Waals surface area contributed by atoms with Gasteiger partial charge in [0.25, 0.3) is 0 Å². The number of benzene rings is 1. The zero-order valence-corrected chi connectivity index (χ0v) is 16.5. The van der Waals surface area contributed by atoms with Gasteiger partial charge < -0.3 is 19.2 Å². The van der Waals surface area contributed by atoms with Crippen LogP contribution < -0.4 is 14.8 Å². The van der Waals surface area contributed by atoms with E-state index in [4.69, 9.17) is 13.9 Å². The second kappa shape index (κ2) is 9.99. The van der Waals surface area contributed by atoms with E-state index >= 15 is 0 Å². The molecule has 2 heterocycles. The molecule has 6 heteroatoms. The maximum Gasteiger partial charge on any atom is 0.244 e. The molecule has 1 aromatic heterocycles. The molecule has 3 rings (SSSR count). The third-order valence-electron chi connectivity index (χ3n) is 4.97. The molecule has 6 nitrogen and oxygen atoms in total. The van der Waals surface area contributed by atoms with Crippen molar-refractivity contribution in [1.82, 2.24) is 10.2 Å². The van der Waals surface area contributed by atoms with Gasteiger partial charge in [-0.05, 0) is 61.8 Å². The van der Waals surface area contributed by atoms with Crippen LogP contribution in [-0.4, -0.2) is 44.7 Å². The van der Waals surface area contributed by atoms with Crippen molar-refractivity contribution in [2.24, 2.45) is 0 Å². The van der Waals surface area contributed by atoms with E-state index in [-0.39, 0.29) is 11.9 Å². The van der Waals surface area contributed by atoms with Gasteiger partial charge in [-0.15, -0.1) is 0 Å². The van der Waals surface area contributed by atoms with E-state index in [1.165, 1.54) is 25.3 Å². The number of rotatable bonds is 8. The number of hydrogen-bond acceptors (Lipinski definition) is 5. The predicted octanol–water partition coefficient (Wildman–Crippen LogP) is 3.65. The summed E-state index contributed by atoms with van der Waals surface area (Å²) in [5, 5.41) is 3.01. The first-order valence-electron chi connectivity index (χ1n) is 9.66. The second-order valence-electron chi connectivity index (χ2n) is 6.85. The number of furan rings is 1. The van der Waals surface area contributed by atoms with Crippen LogP contribution in [0.3, 0.4) is 0 Å². The van der Waals surface area contributed by atoms with Crippen molar-refractivity contribution < 1.29 is 18.7 Å². The highest BCUT2D eigenvalue weighted by Gasteiger charge is 2.24. The van der Waals surface area contributed by atoms with Crippen molar-refractivity contribution >= 4 is 12.0 Å². The average Bonchev–Trinajstić information content (AvgIpc) is 3.27. The number of hydrogen-bond donors (Lipinski definition) is 1. The number of methoxy groups -OCH3 is 2. The monoisotopic (exact) mass is 384 g/mol. The Balaban J connectivity index is 1.62. The smallest absolute Gasteiger partial charge is 0.244 e. The van der Waals surface area contributed by atoms with Crippen LogP contribution in [0.1, 0.15) is 36.6 Å². The zero-order valence-electron chi connectivity index (χ0n) is 16.5. The van der Waals surface area contributed by atoms with Crippen LogP contribution in [0.4, 0.5) is 0 Å². The van der Waals surface area contributed by atoms with Gasteiger partial charge in [0, 0.05) is 18.7 Å². The summed E-state index contributed by atoms with van der Waals surface area (Å²) in [6.45, 7) is 2.57. The molecule has 1 saturated heterocycles. The molecule has 1 amide bonds. The summed E-state index contributed by atoms with van der Waals surface area (Å²) in [5.41, 5.74) is 0.838. The Hall–Kier alpha value is -2.73. The summed E-state index contributed by atoms with van der Waals surface area (Å²) in [7, 11) is 3.20. The van der Waals surface area contributed by atoms with E-state index in [2.05, 4.69) is 10.2 Å². The highest BCUT2D eigenvalue weighted by Crippen LogP contribution is 2.25. The van der Waals surface area contributed by atoms with E-state index in [0.29, 0.717) is 18.0 Å². The Labute approximate surface area is 166 Å². The van der Waals surface area contributed by atoms with Gasteiger partial charge in [0.2, 0.25) is 5.91 Å². The van der Waals surface area contributed by atoms with Crippen LogP contribution in [0.5, 0.6) is 11.5 Å². The molecule has 0 radical (unpaired) electrons. The molecule has 2 aromatic rings. The van der Waals surface area contributed by atoms with Crippen LogP contribution in [-0.2, 0) is 4.79 Å². The Morgan fingerprint density at radius 1 is 1.18 bits per heavy atom. The van der Waals surface area contributed by atoms with E-state index in [0.717, 1.165) is 24.4 Å². The fourth-order valence-electron chi connectivity index (χ4n) is 3.47. The Bertz CT molecular complexity index is 758. The summed E-state index contributed by atoms with van der Waals surface area (Å²) in [6.07, 6.45) is 8.60. The lowest BCUT2D eigenvalue weighted by molar-refractivity contribution is -0.116. The quantitative estimate of drug-likeness (QED) is 0.704. The zero-order chi connectivity index (χ0) is 19.8. The Morgan fingerprint density at radius 3 is 2.50 bits per heavy atom. The lowest BCUT2D eigenvalue weighted by Gasteiger charge is -2.33. The molecule has 1 N–H and O–H groups in total. The maximum atomic E-state index is 12.4. The minimum Gasteiger partial charge on any atom is -0.497 e. The molecule has 150 valence electrons. The van der Waals surface area contributed by atoms with Crippen molar-refractivity contribution in [1.29, 1.82) is 0 Å². The number of ether oxygens (including phenoxy) is 2. The lowest BCUT2D eigenvalue weighted by atomic mass is 10.1. The number of carbonyl (C=O) groups is 1. The van der Waals surface area contributed by atoms with E-state index < -0.39 is 0 Å². The molecule has 1 fully saturated rings. The minimum absolute atomic E-state index is 0.0598. The van der Waals surface area contributed by atoms with Crippen LogP contribution in [0.25, 0.3) is 6.08 Å². The SMILES string of the molecule is COc1cc(/C=C/C(=O)NCC(c2ccco2)N2CCCCC2)cc(OC)c1. The van der Waals surface area contributed by atoms with E-state index in [1.54, 1.807) is 32.6 Å². The third-order valence-corrected chi connectivity index (χ3v) is 4.97. The minimum atomic E-state index is -0.143. The summed E-state index contributed by atoms with van der Waals surface area (Å²) < 4.78 is 16.1. The van der Waals surface area contributed by atoms with Gasteiger partial charge >= 0.3 is 0 Å². The summed E-state index contributed by atoms with van der Waals surface area (Å²) >= 11 is 0. The van der Waals surface area contributed by atoms with Gasteiger partial charge in [-0.25, -0.2) is 0 Å². The van der Waals surface area contributed by atoms with E-state index in [1.807, 2.05) is 24.3 Å². The van der Waals surface area contributed by atoms with Gasteiger partial charge in [-0.3, -0.25) is 9.69 Å². The maximum absolute atomic E-state index is 12.4. The molecule has 1 aromatic carbocycles. The number of amides is 1. The molecule has 0 bridgehead atoms. The molecule has 1 aliphatic rings. The molecule has 28 heavy (non-hydrogen) atoms. The first kappa shape index (κ1) is 20.0. The molecule has 0 aliphatic carbocycles. The molecule has 1 unspecified atom stereocenters. The standard InChI is InChI=1S/C22H28N2O4/c1-26-18-13-17(14-19(15-18)27-2)8-9-22(25)23-16-20(21-7-6-12-28-21)24-10-4-3-5-11-24/h6-9,12-15,20H,3-5,10-11,16H2,1-2H3,(H,23,25)/b9-8+. The van der Waals surface area contributed by atoms with Gasteiger partial charge in [-0.2, -0.15) is 0 Å². The Kier molecular flexibility index (Phi) is 7.14. The largest absolute Gasteiger partial charge is 0.497 e. The van der Waals surface area contributed by atoms with Crippen molar-refractivity contribution in [3.8, 4) is 11.5 Å². The average molecular weight is 384 g/mol. The lowest BCUT2D eigenvalue weighted by Crippen LogP contribution is -2.40. The summed E-state index contributed by atoms with van der Waals surface area (Å²) in [6, 6.07) is 9.43. The molecular weight excluding hydrogens is 356 g/mol. The van der Waals surface area contributed by atoms with Gasteiger partial charge in [0.05, 0.1) is 26.5 Å². The number of carbonyl (C=O) groups excluding carboxylic acids is 1. The fraction of sp³-hybridized carbons (Fsp3) is 0.409. The van der Waals surface area contributed by atoms with Crippen LogP contribution in [0.2, 0.25) is 0 Å². The van der Waals surface area contributed by atoms with Gasteiger partial charge in [0.15, 0.2) is 0 Å². The van der Waals surface area contributed by atoms with Crippen molar-refractivity contribution in [3.63, 3.8) is 0 Å². The van der Waals surface area contributed by atoms with Crippen molar-refractivity contribution in [3.05, 3.63) is 54.0 Å². The molecule has 1 aliphatic heterocycles. The molecule has 0 saturated carbocycles.